The molecular formula is C16H11N5O8. The van der Waals surface area contributed by atoms with Crippen molar-refractivity contribution in [2.24, 2.45) is 0 Å². The first-order chi connectivity index (χ1) is 13.7. The normalized spacial score (nSPS) is 11.8. The summed E-state index contributed by atoms with van der Waals surface area (Å²) < 4.78 is 6.41. The summed E-state index contributed by atoms with van der Waals surface area (Å²) in [6.07, 6.45) is 1.36. The number of aromatic nitrogens is 2. The molecule has 0 aliphatic heterocycles. The molecular weight excluding hydrogens is 390 g/mol. The quantitative estimate of drug-likeness (QED) is 0.260. The minimum Gasteiger partial charge on any atom is -0.410 e. The van der Waals surface area contributed by atoms with E-state index in [2.05, 4.69) is 4.98 Å². The fraction of sp³-hybridized carbons (Fsp3) is 0.125. The first-order valence-corrected chi connectivity index (χ1v) is 7.95. The Labute approximate surface area is 160 Å². The van der Waals surface area contributed by atoms with Crippen molar-refractivity contribution in [3.63, 3.8) is 0 Å². The van der Waals surface area contributed by atoms with Crippen LogP contribution in [0.25, 0.3) is 11.0 Å². The second-order valence-corrected chi connectivity index (χ2v) is 5.82. The number of nitro groups is 3. The lowest BCUT2D eigenvalue weighted by molar-refractivity contribution is -0.404. The lowest BCUT2D eigenvalue weighted by Gasteiger charge is -2.13. The van der Waals surface area contributed by atoms with Gasteiger partial charge in [-0.2, -0.15) is 0 Å². The van der Waals surface area contributed by atoms with E-state index in [4.69, 9.17) is 4.74 Å². The summed E-state index contributed by atoms with van der Waals surface area (Å²) in [7, 11) is 0. The molecule has 0 amide bonds. The van der Waals surface area contributed by atoms with Gasteiger partial charge in [0.15, 0.2) is 0 Å². The van der Waals surface area contributed by atoms with Crippen molar-refractivity contribution in [3.8, 4) is 5.75 Å². The molecule has 0 fully saturated rings. The number of para-hydroxylation sites is 2. The standard InChI is InChI=1S/C16H11N5O8/c1-9(18-8-17-11-4-2-3-5-12(11)18)16(22)29-15-13(20(25)26)6-10(19(23)24)7-14(15)21(27)28/h2-9H,1H3. The van der Waals surface area contributed by atoms with Crippen LogP contribution in [0, 0.1) is 30.3 Å². The van der Waals surface area contributed by atoms with Crippen LogP contribution in [0.2, 0.25) is 0 Å². The van der Waals surface area contributed by atoms with Crippen LogP contribution >= 0.6 is 0 Å². The summed E-state index contributed by atoms with van der Waals surface area (Å²) in [5.74, 6) is -2.03. The van der Waals surface area contributed by atoms with E-state index in [1.807, 2.05) is 0 Å². The molecule has 3 aromatic rings. The molecule has 0 radical (unpaired) electrons. The molecule has 0 aliphatic carbocycles. The highest BCUT2D eigenvalue weighted by Crippen LogP contribution is 2.41. The van der Waals surface area contributed by atoms with Crippen molar-refractivity contribution in [2.45, 2.75) is 13.0 Å². The summed E-state index contributed by atoms with van der Waals surface area (Å²) >= 11 is 0. The van der Waals surface area contributed by atoms with Gasteiger partial charge in [0.25, 0.3) is 11.4 Å². The number of nitrogens with zero attached hydrogens (tertiary/aromatic N) is 5. The number of hydrogen-bond donors (Lipinski definition) is 0. The van der Waals surface area contributed by atoms with Gasteiger partial charge in [-0.25, -0.2) is 9.78 Å². The molecule has 0 N–H and O–H groups in total. The summed E-state index contributed by atoms with van der Waals surface area (Å²) in [4.78, 5) is 46.9. The summed E-state index contributed by atoms with van der Waals surface area (Å²) in [5.41, 5.74) is -1.86. The first kappa shape index (κ1) is 19.3. The number of imidazole rings is 1. The Hall–Kier alpha value is -4.42. The number of esters is 1. The fourth-order valence-corrected chi connectivity index (χ4v) is 2.65. The topological polar surface area (TPSA) is 174 Å². The molecule has 29 heavy (non-hydrogen) atoms. The molecule has 1 unspecified atom stereocenters. The maximum atomic E-state index is 12.6. The van der Waals surface area contributed by atoms with Gasteiger partial charge in [-0.1, -0.05) is 12.1 Å². The van der Waals surface area contributed by atoms with E-state index in [0.29, 0.717) is 23.2 Å². The Morgan fingerprint density at radius 1 is 1.03 bits per heavy atom. The molecule has 3 rings (SSSR count). The van der Waals surface area contributed by atoms with Crippen molar-refractivity contribution in [1.82, 2.24) is 9.55 Å². The maximum Gasteiger partial charge on any atom is 0.334 e. The third-order valence-corrected chi connectivity index (χ3v) is 4.08. The van der Waals surface area contributed by atoms with E-state index in [9.17, 15) is 35.1 Å². The third kappa shape index (κ3) is 3.55. The average molecular weight is 401 g/mol. The zero-order valence-corrected chi connectivity index (χ0v) is 14.6. The van der Waals surface area contributed by atoms with Crippen molar-refractivity contribution in [2.75, 3.05) is 0 Å². The molecule has 1 aromatic heterocycles. The van der Waals surface area contributed by atoms with E-state index >= 15 is 0 Å². The van der Waals surface area contributed by atoms with Crippen LogP contribution in [0.1, 0.15) is 13.0 Å². The number of ether oxygens (including phenoxy) is 1. The molecule has 0 bridgehead atoms. The van der Waals surface area contributed by atoms with Gasteiger partial charge in [0.1, 0.15) is 6.04 Å². The zero-order valence-electron chi connectivity index (χ0n) is 14.6. The Kier molecular flexibility index (Phi) is 4.87. The van der Waals surface area contributed by atoms with E-state index in [1.165, 1.54) is 17.8 Å². The van der Waals surface area contributed by atoms with Crippen LogP contribution in [0.5, 0.6) is 5.75 Å². The number of benzene rings is 2. The molecule has 13 heteroatoms. The number of hydrogen-bond acceptors (Lipinski definition) is 9. The summed E-state index contributed by atoms with van der Waals surface area (Å²) in [5, 5.41) is 33.5. The largest absolute Gasteiger partial charge is 0.410 e. The Balaban J connectivity index is 2.04. The minimum atomic E-state index is -1.10. The average Bonchev–Trinajstić information content (AvgIpc) is 3.10. The van der Waals surface area contributed by atoms with Crippen molar-refractivity contribution >= 4 is 34.1 Å². The summed E-state index contributed by atoms with van der Waals surface area (Å²) in [6, 6.07) is 6.78. The molecule has 1 atom stereocenters. The zero-order chi connectivity index (χ0) is 21.3. The Bertz CT molecular complexity index is 1140. The second-order valence-electron chi connectivity index (χ2n) is 5.82. The lowest BCUT2D eigenvalue weighted by atomic mass is 10.2. The van der Waals surface area contributed by atoms with Gasteiger partial charge in [-0.3, -0.25) is 30.3 Å². The molecule has 0 saturated carbocycles. The van der Waals surface area contributed by atoms with Crippen LogP contribution in [0.3, 0.4) is 0 Å². The number of nitro benzene ring substituents is 3. The van der Waals surface area contributed by atoms with Crippen molar-refractivity contribution < 1.29 is 24.3 Å². The number of carbonyl (C=O) groups is 1. The molecule has 148 valence electrons. The van der Waals surface area contributed by atoms with Gasteiger partial charge < -0.3 is 9.30 Å². The van der Waals surface area contributed by atoms with Crippen molar-refractivity contribution in [3.05, 3.63) is 73.1 Å². The van der Waals surface area contributed by atoms with E-state index in [1.54, 1.807) is 24.3 Å². The number of fused-ring (bicyclic) bond motifs is 1. The third-order valence-electron chi connectivity index (χ3n) is 4.08. The fourth-order valence-electron chi connectivity index (χ4n) is 2.65. The molecule has 2 aromatic carbocycles. The van der Waals surface area contributed by atoms with Crippen LogP contribution in [0.4, 0.5) is 17.1 Å². The van der Waals surface area contributed by atoms with Crippen LogP contribution in [-0.4, -0.2) is 30.3 Å². The van der Waals surface area contributed by atoms with Gasteiger partial charge in [0, 0.05) is 0 Å². The van der Waals surface area contributed by atoms with Crippen molar-refractivity contribution in [1.29, 1.82) is 0 Å². The Morgan fingerprint density at radius 2 is 1.62 bits per heavy atom. The maximum absolute atomic E-state index is 12.6. The minimum absolute atomic E-state index is 0.493. The summed E-state index contributed by atoms with van der Waals surface area (Å²) in [6.45, 7) is 1.42. The van der Waals surface area contributed by atoms with E-state index in [-0.39, 0.29) is 0 Å². The number of carbonyl (C=O) groups excluding carboxylic acids is 1. The highest BCUT2D eigenvalue weighted by Gasteiger charge is 2.35. The molecule has 13 nitrogen and oxygen atoms in total. The number of rotatable bonds is 6. The van der Waals surface area contributed by atoms with Crippen LogP contribution < -0.4 is 4.74 Å². The first-order valence-electron chi connectivity index (χ1n) is 7.95. The predicted octanol–water partition coefficient (Wildman–Crippen LogP) is 2.93. The molecule has 1 heterocycles. The SMILES string of the molecule is CC(C(=O)Oc1c([N+](=O)[O-])cc([N+](=O)[O-])cc1[N+](=O)[O-])n1cnc2ccccc21. The smallest absolute Gasteiger partial charge is 0.334 e. The van der Waals surface area contributed by atoms with Crippen LogP contribution in [-0.2, 0) is 4.79 Å². The molecule has 0 spiro atoms. The van der Waals surface area contributed by atoms with E-state index in [0.717, 1.165) is 0 Å². The lowest BCUT2D eigenvalue weighted by Crippen LogP contribution is -2.22. The molecule has 0 aliphatic rings. The van der Waals surface area contributed by atoms with Crippen LogP contribution in [0.15, 0.2) is 42.7 Å². The highest BCUT2D eigenvalue weighted by molar-refractivity contribution is 5.83. The highest BCUT2D eigenvalue weighted by atomic mass is 16.6. The van der Waals surface area contributed by atoms with Gasteiger partial charge in [-0.15, -0.1) is 0 Å². The monoisotopic (exact) mass is 401 g/mol. The van der Waals surface area contributed by atoms with Gasteiger partial charge in [0.2, 0.25) is 0 Å². The number of non-ortho nitro benzene ring substituents is 1. The second kappa shape index (κ2) is 7.30. The Morgan fingerprint density at radius 3 is 2.17 bits per heavy atom. The van der Waals surface area contributed by atoms with Gasteiger partial charge >= 0.3 is 17.3 Å². The van der Waals surface area contributed by atoms with Gasteiger partial charge in [-0.05, 0) is 19.1 Å². The molecule has 0 saturated heterocycles. The van der Waals surface area contributed by atoms with E-state index < -0.39 is 49.6 Å². The predicted molar refractivity (Wildman–Crippen MR) is 96.5 cm³/mol. The van der Waals surface area contributed by atoms with Gasteiger partial charge in [0.05, 0.1) is 44.3 Å².